The van der Waals surface area contributed by atoms with Crippen LogP contribution in [0.5, 0.6) is 0 Å². The van der Waals surface area contributed by atoms with Gasteiger partial charge in [0, 0.05) is 30.8 Å². The minimum Gasteiger partial charge on any atom is -0.385 e. The van der Waals surface area contributed by atoms with Crippen molar-refractivity contribution in [1.82, 2.24) is 0 Å². The largest absolute Gasteiger partial charge is 0.385 e. The maximum atomic E-state index is 10.8. The zero-order chi connectivity index (χ0) is 13.4. The smallest absolute Gasteiger partial charge is 0.292 e. The molecule has 0 aromatic heterocycles. The maximum Gasteiger partial charge on any atom is 0.292 e. The number of anilines is 1. The summed E-state index contributed by atoms with van der Waals surface area (Å²) in [6.07, 6.45) is 3.02. The van der Waals surface area contributed by atoms with Crippen LogP contribution in [0.2, 0.25) is 0 Å². The van der Waals surface area contributed by atoms with Gasteiger partial charge in [0.15, 0.2) is 0 Å². The van der Waals surface area contributed by atoms with E-state index in [1.165, 1.54) is 6.07 Å². The molecule has 0 radical (unpaired) electrons. The molecule has 0 saturated carbocycles. The van der Waals surface area contributed by atoms with Crippen molar-refractivity contribution in [1.29, 1.82) is 0 Å². The molecule has 0 unspecified atom stereocenters. The summed E-state index contributed by atoms with van der Waals surface area (Å²) in [6.45, 7) is 1.48. The lowest BCUT2D eigenvalue weighted by Crippen LogP contribution is -2.04. The second-order valence-electron chi connectivity index (χ2n) is 3.90. The van der Waals surface area contributed by atoms with Crippen molar-refractivity contribution in [3.05, 3.63) is 32.8 Å². The number of ether oxygens (including phenoxy) is 1. The second-order valence-corrected chi connectivity index (χ2v) is 4.81. The van der Waals surface area contributed by atoms with Gasteiger partial charge in [0.2, 0.25) is 0 Å². The zero-order valence-corrected chi connectivity index (χ0v) is 11.9. The molecule has 5 nitrogen and oxygen atoms in total. The molecule has 6 heteroatoms. The highest BCUT2D eigenvalue weighted by molar-refractivity contribution is 9.10. The number of methoxy groups -OCH3 is 1. The first-order chi connectivity index (χ1) is 8.65. The van der Waals surface area contributed by atoms with Gasteiger partial charge in [-0.3, -0.25) is 10.1 Å². The van der Waals surface area contributed by atoms with E-state index in [4.69, 9.17) is 4.74 Å². The summed E-state index contributed by atoms with van der Waals surface area (Å²) in [7, 11) is 1.68. The van der Waals surface area contributed by atoms with Gasteiger partial charge in [0.1, 0.15) is 5.69 Å². The van der Waals surface area contributed by atoms with Crippen molar-refractivity contribution in [2.75, 3.05) is 25.6 Å². The van der Waals surface area contributed by atoms with E-state index >= 15 is 0 Å². The number of rotatable bonds is 8. The minimum absolute atomic E-state index is 0.107. The van der Waals surface area contributed by atoms with Crippen LogP contribution in [0.3, 0.4) is 0 Å². The Hall–Kier alpha value is -1.14. The molecule has 0 aliphatic heterocycles. The van der Waals surface area contributed by atoms with E-state index in [-0.39, 0.29) is 10.6 Å². The fraction of sp³-hybridized carbons (Fsp3) is 0.500. The van der Waals surface area contributed by atoms with Gasteiger partial charge in [-0.1, -0.05) is 15.9 Å². The molecule has 0 saturated heterocycles. The second kappa shape index (κ2) is 8.05. The van der Waals surface area contributed by atoms with E-state index in [1.54, 1.807) is 19.2 Å². The Bertz CT molecular complexity index is 399. The lowest BCUT2D eigenvalue weighted by Gasteiger charge is -2.07. The molecule has 1 N–H and O–H groups in total. The van der Waals surface area contributed by atoms with Crippen molar-refractivity contribution in [3.8, 4) is 0 Å². The van der Waals surface area contributed by atoms with E-state index in [2.05, 4.69) is 21.2 Å². The molecule has 1 aromatic rings. The van der Waals surface area contributed by atoms with Crippen LogP contribution in [0, 0.1) is 10.1 Å². The van der Waals surface area contributed by atoms with Crippen LogP contribution in [0.15, 0.2) is 22.7 Å². The summed E-state index contributed by atoms with van der Waals surface area (Å²) in [4.78, 5) is 10.5. The van der Waals surface area contributed by atoms with Crippen molar-refractivity contribution in [2.24, 2.45) is 0 Å². The summed E-state index contributed by atoms with van der Waals surface area (Å²) >= 11 is 3.31. The summed E-state index contributed by atoms with van der Waals surface area (Å²) in [6, 6.07) is 4.90. The lowest BCUT2D eigenvalue weighted by atomic mass is 10.2. The number of nitro groups is 1. The molecule has 1 aromatic carbocycles. The average molecular weight is 317 g/mol. The van der Waals surface area contributed by atoms with Crippen LogP contribution in [0.1, 0.15) is 19.3 Å². The Morgan fingerprint density at radius 3 is 2.83 bits per heavy atom. The van der Waals surface area contributed by atoms with Crippen molar-refractivity contribution >= 4 is 27.3 Å². The molecule has 1 rings (SSSR count). The number of benzene rings is 1. The van der Waals surface area contributed by atoms with Crippen LogP contribution >= 0.6 is 15.9 Å². The first-order valence-electron chi connectivity index (χ1n) is 5.82. The van der Waals surface area contributed by atoms with Crippen LogP contribution in [-0.2, 0) is 4.74 Å². The monoisotopic (exact) mass is 316 g/mol. The summed E-state index contributed by atoms with van der Waals surface area (Å²) in [5.41, 5.74) is 0.663. The van der Waals surface area contributed by atoms with Gasteiger partial charge in [0.25, 0.3) is 5.69 Å². The number of nitrogens with zero attached hydrogens (tertiary/aromatic N) is 1. The van der Waals surface area contributed by atoms with Crippen LogP contribution in [0.25, 0.3) is 0 Å². The van der Waals surface area contributed by atoms with Crippen LogP contribution < -0.4 is 5.32 Å². The van der Waals surface area contributed by atoms with E-state index in [0.717, 1.165) is 36.9 Å². The van der Waals surface area contributed by atoms with E-state index in [1.807, 2.05) is 0 Å². The predicted octanol–water partition coefficient (Wildman–Crippen LogP) is 3.59. The molecule has 18 heavy (non-hydrogen) atoms. The number of hydrogen-bond donors (Lipinski definition) is 1. The van der Waals surface area contributed by atoms with Crippen molar-refractivity contribution in [2.45, 2.75) is 19.3 Å². The topological polar surface area (TPSA) is 64.4 Å². The molecular weight excluding hydrogens is 300 g/mol. The molecule has 0 atom stereocenters. The maximum absolute atomic E-state index is 10.8. The summed E-state index contributed by atoms with van der Waals surface area (Å²) < 4.78 is 5.79. The van der Waals surface area contributed by atoms with Gasteiger partial charge in [-0.15, -0.1) is 0 Å². The Balaban J connectivity index is 2.45. The minimum atomic E-state index is -0.375. The molecule has 0 heterocycles. The Kier molecular flexibility index (Phi) is 6.67. The Morgan fingerprint density at radius 2 is 2.17 bits per heavy atom. The number of nitro benzene ring substituents is 1. The van der Waals surface area contributed by atoms with Crippen molar-refractivity contribution < 1.29 is 9.66 Å². The Labute approximate surface area is 115 Å². The van der Waals surface area contributed by atoms with Crippen LogP contribution in [-0.4, -0.2) is 25.2 Å². The van der Waals surface area contributed by atoms with Gasteiger partial charge in [-0.25, -0.2) is 0 Å². The quantitative estimate of drug-likeness (QED) is 0.452. The molecule has 0 aliphatic carbocycles. The van der Waals surface area contributed by atoms with E-state index < -0.39 is 0 Å². The van der Waals surface area contributed by atoms with Crippen LogP contribution in [0.4, 0.5) is 11.4 Å². The Morgan fingerprint density at radius 1 is 1.39 bits per heavy atom. The third-order valence-electron chi connectivity index (χ3n) is 2.50. The molecule has 0 amide bonds. The lowest BCUT2D eigenvalue weighted by molar-refractivity contribution is -0.384. The van der Waals surface area contributed by atoms with Gasteiger partial charge in [0.05, 0.1) is 4.92 Å². The molecule has 0 fully saturated rings. The highest BCUT2D eigenvalue weighted by atomic mass is 79.9. The molecule has 100 valence electrons. The highest BCUT2D eigenvalue weighted by Gasteiger charge is 2.12. The fourth-order valence-electron chi connectivity index (χ4n) is 1.58. The van der Waals surface area contributed by atoms with E-state index in [0.29, 0.717) is 5.69 Å². The third-order valence-corrected chi connectivity index (χ3v) is 2.99. The molecule has 0 spiro atoms. The summed E-state index contributed by atoms with van der Waals surface area (Å²) in [5, 5.41) is 13.9. The van der Waals surface area contributed by atoms with Gasteiger partial charge in [-0.05, 0) is 31.4 Å². The first kappa shape index (κ1) is 14.9. The fourth-order valence-corrected chi connectivity index (χ4v) is 1.94. The molecule has 0 aliphatic rings. The van der Waals surface area contributed by atoms with Gasteiger partial charge < -0.3 is 10.1 Å². The van der Waals surface area contributed by atoms with Gasteiger partial charge >= 0.3 is 0 Å². The molecule has 0 bridgehead atoms. The SMILES string of the molecule is COCCCCCNc1cc(Br)ccc1[N+](=O)[O-]. The average Bonchev–Trinajstić information content (AvgIpc) is 2.33. The third kappa shape index (κ3) is 5.01. The van der Waals surface area contributed by atoms with Gasteiger partial charge in [-0.2, -0.15) is 0 Å². The number of hydrogen-bond acceptors (Lipinski definition) is 4. The normalized spacial score (nSPS) is 10.3. The molecular formula is C12H17BrN2O3. The first-order valence-corrected chi connectivity index (χ1v) is 6.61. The van der Waals surface area contributed by atoms with Crippen molar-refractivity contribution in [3.63, 3.8) is 0 Å². The number of nitrogens with one attached hydrogen (secondary N) is 1. The summed E-state index contributed by atoms with van der Waals surface area (Å²) in [5.74, 6) is 0. The number of unbranched alkanes of at least 4 members (excludes halogenated alkanes) is 2. The predicted molar refractivity (Wildman–Crippen MR) is 75.0 cm³/mol. The standard InChI is InChI=1S/C12H17BrN2O3/c1-18-8-4-2-3-7-14-11-9-10(13)5-6-12(11)15(16)17/h5-6,9,14H,2-4,7-8H2,1H3. The zero-order valence-electron chi connectivity index (χ0n) is 10.3. The highest BCUT2D eigenvalue weighted by Crippen LogP contribution is 2.27. The number of halogens is 1. The van der Waals surface area contributed by atoms with E-state index in [9.17, 15) is 10.1 Å².